The molecule has 4 amide bonds. The number of para-hydroxylation sites is 1. The highest BCUT2D eigenvalue weighted by molar-refractivity contribution is 7.91. The Morgan fingerprint density at radius 3 is 2.67 bits per heavy atom. The number of rotatable bonds is 15. The first-order valence-corrected chi connectivity index (χ1v) is 16.7. The van der Waals surface area contributed by atoms with Crippen molar-refractivity contribution in [1.29, 1.82) is 0 Å². The average Bonchev–Trinajstić information content (AvgIpc) is 3.57. The number of aromatic amines is 1. The number of amides is 4. The molecule has 4 rings (SSSR count). The quantitative estimate of drug-likeness (QED) is 0.148. The minimum atomic E-state index is -4.00. The van der Waals surface area contributed by atoms with Crippen molar-refractivity contribution >= 4 is 61.4 Å². The van der Waals surface area contributed by atoms with Crippen LogP contribution in [0.3, 0.4) is 0 Å². The van der Waals surface area contributed by atoms with E-state index in [1.54, 1.807) is 51.1 Å². The number of anilines is 1. The molecule has 0 fully saturated rings. The number of nitrogens with one attached hydrogen (secondary N) is 4. The molecule has 46 heavy (non-hydrogen) atoms. The van der Waals surface area contributed by atoms with Crippen molar-refractivity contribution < 1.29 is 42.2 Å². The van der Waals surface area contributed by atoms with Gasteiger partial charge in [-0.15, -0.1) is 11.3 Å². The molecule has 0 radical (unpaired) electrons. The molecule has 250 valence electrons. The number of aliphatic carboxylic acids is 1. The van der Waals surface area contributed by atoms with E-state index in [0.717, 1.165) is 16.2 Å². The van der Waals surface area contributed by atoms with E-state index in [9.17, 15) is 32.7 Å². The van der Waals surface area contributed by atoms with Crippen LogP contribution in [0.2, 0.25) is 0 Å². The Morgan fingerprint density at radius 2 is 1.96 bits per heavy atom. The third-order valence-electron chi connectivity index (χ3n) is 6.41. The number of carboxylic acid groups (broad SMARTS) is 1. The summed E-state index contributed by atoms with van der Waals surface area (Å²) in [6.07, 6.45) is 0.0577. The number of thiazole rings is 1. The van der Waals surface area contributed by atoms with Crippen LogP contribution in [-0.2, 0) is 42.2 Å². The molecular weight excluding hydrogens is 642 g/mol. The molecule has 0 saturated carbocycles. The molecule has 3 aromatic rings. The third-order valence-corrected chi connectivity index (χ3v) is 9.28. The largest absolute Gasteiger partial charge is 0.480 e. The van der Waals surface area contributed by atoms with Crippen LogP contribution < -0.4 is 15.4 Å². The lowest BCUT2D eigenvalue weighted by atomic mass is 10.2. The van der Waals surface area contributed by atoms with E-state index in [4.69, 9.17) is 9.47 Å². The maximum Gasteiger partial charge on any atom is 0.407 e. The fraction of sp³-hybridized carbons (Fsp3) is 0.464. The van der Waals surface area contributed by atoms with Gasteiger partial charge < -0.3 is 34.7 Å². The van der Waals surface area contributed by atoms with Gasteiger partial charge in [-0.3, -0.25) is 14.9 Å². The zero-order valence-electron chi connectivity index (χ0n) is 25.6. The molecular formula is C28H37N7O9S2. The van der Waals surface area contributed by atoms with Crippen LogP contribution in [0.4, 0.5) is 15.4 Å². The summed E-state index contributed by atoms with van der Waals surface area (Å²) in [5.74, 6) is -1.49. The second kappa shape index (κ2) is 14.9. The van der Waals surface area contributed by atoms with Crippen molar-refractivity contribution in [3.63, 3.8) is 0 Å². The molecule has 18 heteroatoms. The first-order valence-electron chi connectivity index (χ1n) is 14.4. The van der Waals surface area contributed by atoms with Gasteiger partial charge in [-0.2, -0.15) is 0 Å². The van der Waals surface area contributed by atoms with Crippen LogP contribution in [0.5, 0.6) is 0 Å². The number of nitrogens with zero attached hydrogens (tertiary/aromatic N) is 3. The third kappa shape index (κ3) is 9.87. The number of hydrogen-bond donors (Lipinski definition) is 5. The molecule has 1 aliphatic rings. The Bertz CT molecular complexity index is 1650. The second-order valence-electron chi connectivity index (χ2n) is 11.4. The van der Waals surface area contributed by atoms with Crippen LogP contribution in [0, 0.1) is 0 Å². The molecule has 5 N–H and O–H groups in total. The van der Waals surface area contributed by atoms with Gasteiger partial charge in [-0.25, -0.2) is 27.7 Å². The first kappa shape index (κ1) is 34.6. The number of carbonyl (C=O) groups excluding carboxylic acids is 3. The minimum Gasteiger partial charge on any atom is -0.480 e. The van der Waals surface area contributed by atoms with Gasteiger partial charge in [0.05, 0.1) is 23.4 Å². The minimum absolute atomic E-state index is 0.0777. The Morgan fingerprint density at radius 1 is 1.20 bits per heavy atom. The summed E-state index contributed by atoms with van der Waals surface area (Å²) in [6, 6.07) is 8.18. The normalized spacial score (nSPS) is 13.3. The first-order chi connectivity index (χ1) is 21.7. The van der Waals surface area contributed by atoms with Crippen LogP contribution in [-0.4, -0.2) is 102 Å². The molecule has 1 aliphatic heterocycles. The van der Waals surface area contributed by atoms with Gasteiger partial charge >= 0.3 is 18.1 Å². The predicted octanol–water partition coefficient (Wildman–Crippen LogP) is 2.30. The molecule has 16 nitrogen and oxygen atoms in total. The van der Waals surface area contributed by atoms with Gasteiger partial charge in [0.1, 0.15) is 24.5 Å². The molecule has 1 aromatic carbocycles. The van der Waals surface area contributed by atoms with Crippen LogP contribution in [0.15, 0.2) is 34.7 Å². The van der Waals surface area contributed by atoms with E-state index in [0.29, 0.717) is 46.9 Å². The van der Waals surface area contributed by atoms with E-state index < -0.39 is 52.7 Å². The second-order valence-corrected chi connectivity index (χ2v) is 14.3. The predicted molar refractivity (Wildman–Crippen MR) is 168 cm³/mol. The Kier molecular flexibility index (Phi) is 11.2. The number of fused-ring (bicyclic) bond motifs is 2. The number of benzene rings is 1. The van der Waals surface area contributed by atoms with Crippen molar-refractivity contribution in [3.05, 3.63) is 41.6 Å². The lowest BCUT2D eigenvalue weighted by molar-refractivity contribution is -0.144. The summed E-state index contributed by atoms with van der Waals surface area (Å²) in [6.45, 7) is 4.77. The Hall–Kier alpha value is -4.26. The lowest BCUT2D eigenvalue weighted by Crippen LogP contribution is -2.48. The number of H-pyrrole nitrogens is 1. The fourth-order valence-electron chi connectivity index (χ4n) is 4.39. The Balaban J connectivity index is 1.25. The highest BCUT2D eigenvalue weighted by Gasteiger charge is 2.29. The number of carboxylic acids is 1. The zero-order valence-corrected chi connectivity index (χ0v) is 27.3. The molecule has 0 saturated heterocycles. The van der Waals surface area contributed by atoms with E-state index in [1.165, 1.54) is 4.90 Å². The summed E-state index contributed by atoms with van der Waals surface area (Å²) in [5.41, 5.74) is 1.34. The van der Waals surface area contributed by atoms with E-state index in [2.05, 4.69) is 25.3 Å². The standard InChI is InChI=1S/C28H37N7O9S2/c1-28(2,3)44-26(40)29-9-6-12-43-17-19-13-18-14-35(25(39)33-24(18)31-19)15-22(36)34(16-23(37)38)11-10-30-46(41,42)27-32-20-7-4-5-8-21(20)45-27/h4-5,7-8,13,30-31H,6,9-12,14-17H2,1-3H3,(H,29,40)(H,33,39)(H,37,38). The molecule has 0 bridgehead atoms. The van der Waals surface area contributed by atoms with Crippen LogP contribution in [0.1, 0.15) is 38.4 Å². The van der Waals surface area contributed by atoms with Gasteiger partial charge in [-0.1, -0.05) is 12.1 Å². The monoisotopic (exact) mass is 679 g/mol. The molecule has 0 atom stereocenters. The molecule has 0 spiro atoms. The molecule has 2 aromatic heterocycles. The van der Waals surface area contributed by atoms with Gasteiger partial charge in [0.15, 0.2) is 0 Å². The lowest BCUT2D eigenvalue weighted by Gasteiger charge is -2.29. The Labute approximate surface area is 269 Å². The van der Waals surface area contributed by atoms with Crippen molar-refractivity contribution in [2.45, 2.75) is 50.3 Å². The van der Waals surface area contributed by atoms with Gasteiger partial charge in [0, 0.05) is 37.5 Å². The molecule has 3 heterocycles. The summed E-state index contributed by atoms with van der Waals surface area (Å²) in [4.78, 5) is 58.4. The van der Waals surface area contributed by atoms with Crippen LogP contribution >= 0.6 is 11.3 Å². The van der Waals surface area contributed by atoms with Crippen molar-refractivity contribution in [2.75, 3.05) is 44.6 Å². The summed E-state index contributed by atoms with van der Waals surface area (Å²) >= 11 is 0.993. The number of urea groups is 1. The topological polar surface area (TPSA) is 212 Å². The smallest absolute Gasteiger partial charge is 0.407 e. The number of carbonyl (C=O) groups is 4. The van der Waals surface area contributed by atoms with Crippen molar-refractivity contribution in [1.82, 2.24) is 29.8 Å². The van der Waals surface area contributed by atoms with E-state index in [1.807, 2.05) is 0 Å². The fourth-order valence-corrected chi connectivity index (χ4v) is 6.67. The highest BCUT2D eigenvalue weighted by Crippen LogP contribution is 2.25. The number of alkyl carbamates (subject to hydrolysis) is 1. The SMILES string of the molecule is CC(C)(C)OC(=O)NCCCOCc1cc2c([nH]1)NC(=O)N(CC(=O)N(CCNS(=O)(=O)c1nc3ccccc3s1)CC(=O)O)C2. The number of hydrogen-bond acceptors (Lipinski definition) is 10. The van der Waals surface area contributed by atoms with Crippen molar-refractivity contribution in [3.8, 4) is 0 Å². The maximum atomic E-state index is 13.1. The number of ether oxygens (including phenoxy) is 2. The maximum absolute atomic E-state index is 13.1. The average molecular weight is 680 g/mol. The number of sulfonamides is 1. The molecule has 0 aliphatic carbocycles. The van der Waals surface area contributed by atoms with Crippen LogP contribution in [0.25, 0.3) is 10.2 Å². The highest BCUT2D eigenvalue weighted by atomic mass is 32.2. The summed E-state index contributed by atoms with van der Waals surface area (Å²) in [5, 5.41) is 14.7. The molecule has 0 unspecified atom stereocenters. The van der Waals surface area contributed by atoms with E-state index >= 15 is 0 Å². The number of aromatic nitrogens is 2. The summed E-state index contributed by atoms with van der Waals surface area (Å²) in [7, 11) is -4.00. The van der Waals surface area contributed by atoms with Gasteiger partial charge in [0.2, 0.25) is 10.2 Å². The van der Waals surface area contributed by atoms with Crippen molar-refractivity contribution in [2.24, 2.45) is 0 Å². The van der Waals surface area contributed by atoms with Gasteiger partial charge in [-0.05, 0) is 45.4 Å². The zero-order chi connectivity index (χ0) is 33.5. The van der Waals surface area contributed by atoms with Gasteiger partial charge in [0.25, 0.3) is 10.0 Å². The van der Waals surface area contributed by atoms with E-state index in [-0.39, 0.29) is 30.6 Å². The summed E-state index contributed by atoms with van der Waals surface area (Å²) < 4.78 is 39.3.